The number of nitrogens with two attached hydrogens (primary N) is 2. The molecule has 0 amide bonds. The van der Waals surface area contributed by atoms with E-state index >= 15 is 0 Å². The Hall–Kier alpha value is -2.13. The molecule has 68 heavy (non-hydrogen) atoms. The van der Waals surface area contributed by atoms with Crippen molar-refractivity contribution in [2.75, 3.05) is 18.9 Å². The van der Waals surface area contributed by atoms with Gasteiger partial charge in [-0.05, 0) is 160 Å². The van der Waals surface area contributed by atoms with Gasteiger partial charge in [-0.2, -0.15) is 0 Å². The molecule has 1 aromatic heterocycles. The van der Waals surface area contributed by atoms with E-state index in [-0.39, 0.29) is 83.4 Å². The van der Waals surface area contributed by atoms with Crippen LogP contribution in [0.1, 0.15) is 149 Å². The zero-order chi connectivity index (χ0) is 47.7. The fourth-order valence-electron chi connectivity index (χ4n) is 19.2. The first-order valence-electron chi connectivity index (χ1n) is 26.9. The van der Waals surface area contributed by atoms with Gasteiger partial charge in [0.25, 0.3) is 0 Å². The Labute approximate surface area is 412 Å². The van der Waals surface area contributed by atoms with E-state index < -0.39 is 40.7 Å². The molecule has 11 rings (SSSR count). The minimum Gasteiger partial charge on any atom is -0.396 e. The zero-order valence-electron chi connectivity index (χ0n) is 41.2. The number of hydrogen-bond donors (Lipinski definition) is 7. The number of allylic oxidation sites excluding steroid dienone is 3. The van der Waals surface area contributed by atoms with Gasteiger partial charge in [-0.1, -0.05) is 84.4 Å². The molecule has 1 aromatic rings. The summed E-state index contributed by atoms with van der Waals surface area (Å²) in [6.45, 7) is 9.76. The van der Waals surface area contributed by atoms with Crippen molar-refractivity contribution < 1.29 is 30.3 Å². The van der Waals surface area contributed by atoms with Crippen molar-refractivity contribution in [3.05, 3.63) is 52.7 Å². The molecule has 1 aliphatic heterocycles. The summed E-state index contributed by atoms with van der Waals surface area (Å²) in [5.41, 5.74) is 16.7. The summed E-state index contributed by atoms with van der Waals surface area (Å²) in [5, 5.41) is 61.6. The lowest BCUT2D eigenvalue weighted by atomic mass is 9.41. The molecule has 13 heteroatoms. The lowest BCUT2D eigenvalue weighted by molar-refractivity contribution is -0.172. The summed E-state index contributed by atoms with van der Waals surface area (Å²) in [6, 6.07) is 0.139. The number of aliphatic hydroxyl groups excluding tert-OH is 4. The molecule has 2 heterocycles. The number of fused-ring (bicyclic) bond motifs is 14. The van der Waals surface area contributed by atoms with Crippen LogP contribution in [-0.4, -0.2) is 94.9 Å². The highest BCUT2D eigenvalue weighted by Gasteiger charge is 2.74. The molecule has 9 N–H and O–H groups in total. The third kappa shape index (κ3) is 7.15. The first-order valence-corrected chi connectivity index (χ1v) is 29.3. The number of imidazole rings is 1. The highest BCUT2D eigenvalue weighted by Crippen LogP contribution is 2.75. The van der Waals surface area contributed by atoms with Crippen LogP contribution in [0.3, 0.4) is 0 Å². The Morgan fingerprint density at radius 2 is 1.71 bits per heavy atom. The molecule has 1 saturated heterocycles. The average Bonchev–Trinajstić information content (AvgIpc) is 4.05. The van der Waals surface area contributed by atoms with E-state index in [1.807, 2.05) is 34.1 Å². The summed E-state index contributed by atoms with van der Waals surface area (Å²) in [5.74, 6) is 0.0704. The van der Waals surface area contributed by atoms with E-state index in [0.29, 0.717) is 49.5 Å². The van der Waals surface area contributed by atoms with Gasteiger partial charge in [0, 0.05) is 71.7 Å². The highest BCUT2D eigenvalue weighted by atomic mass is 33.1. The molecule has 0 radical (unpaired) electrons. The zero-order valence-corrected chi connectivity index (χ0v) is 42.8. The molecule has 6 saturated carbocycles. The van der Waals surface area contributed by atoms with Crippen LogP contribution in [0.4, 0.5) is 0 Å². The van der Waals surface area contributed by atoms with Crippen LogP contribution < -0.4 is 11.5 Å². The number of nitrogens with zero attached hydrogens (tertiary/aromatic N) is 3. The van der Waals surface area contributed by atoms with Crippen LogP contribution in [0.25, 0.3) is 0 Å². The van der Waals surface area contributed by atoms with Crippen LogP contribution in [-0.2, 0) is 4.79 Å². The van der Waals surface area contributed by atoms with Crippen molar-refractivity contribution in [1.29, 1.82) is 0 Å². The summed E-state index contributed by atoms with van der Waals surface area (Å²) < 4.78 is 2.31. The second-order valence-corrected chi connectivity index (χ2v) is 27.9. The van der Waals surface area contributed by atoms with Crippen molar-refractivity contribution in [3.63, 3.8) is 0 Å². The number of carbonyl (C=O) groups excluding carboxylic acids is 1. The van der Waals surface area contributed by atoms with Crippen molar-refractivity contribution in [3.8, 4) is 0 Å². The largest absolute Gasteiger partial charge is 0.396 e. The van der Waals surface area contributed by atoms with Gasteiger partial charge in [-0.15, -0.1) is 0 Å². The van der Waals surface area contributed by atoms with Crippen molar-refractivity contribution >= 4 is 33.3 Å². The van der Waals surface area contributed by atoms with Crippen LogP contribution in [0.15, 0.2) is 57.7 Å². The van der Waals surface area contributed by atoms with Crippen LogP contribution in [0, 0.1) is 74.9 Å². The number of aliphatic imine (C=N–C) groups is 1. The predicted octanol–water partition coefficient (Wildman–Crippen LogP) is 8.07. The molecule has 4 bridgehead atoms. The predicted molar refractivity (Wildman–Crippen MR) is 270 cm³/mol. The Bertz CT molecular complexity index is 2250. The van der Waals surface area contributed by atoms with Gasteiger partial charge in [0.05, 0.1) is 30.2 Å². The SMILES string of the molecule is CC1(C)C[C@@H](n2ccnc2)CSS[C@H](CCCO)[C@@H]2C[C@H]([C@@H]3C[C@@H]4CCCC5=C4[C@H](C1=C1CCCC4(CCCC4)[C@@H]51)[C@H]3O)[C@@]1(C)C[C@H](CN=C(N)N)[C@H]3C(=CC(=O)[C@@H]4C[C@@H](O)[C@@H](O)C[C@]34C)[C@]21O. The number of aliphatic hydroxyl groups is 5. The van der Waals surface area contributed by atoms with Crippen LogP contribution in [0.5, 0.6) is 0 Å². The van der Waals surface area contributed by atoms with Gasteiger partial charge in [0.15, 0.2) is 11.7 Å². The maximum absolute atomic E-state index is 14.8. The molecule has 0 unspecified atom stereocenters. The minimum atomic E-state index is -1.44. The van der Waals surface area contributed by atoms with Gasteiger partial charge in [-0.25, -0.2) is 4.98 Å². The summed E-state index contributed by atoms with van der Waals surface area (Å²) in [6.07, 6.45) is 22.3. The lowest BCUT2D eigenvalue weighted by Crippen LogP contribution is -2.66. The van der Waals surface area contributed by atoms with Crippen LogP contribution >= 0.6 is 21.6 Å². The molecule has 9 aliphatic carbocycles. The van der Waals surface area contributed by atoms with Gasteiger partial charge in [0.1, 0.15) is 0 Å². The molecule has 10 aliphatic rings. The topological polar surface area (TPSA) is 200 Å². The molecule has 0 aromatic carbocycles. The van der Waals surface area contributed by atoms with E-state index in [1.165, 1.54) is 44.9 Å². The number of guanidine groups is 1. The fourth-order valence-corrected chi connectivity index (χ4v) is 22.6. The van der Waals surface area contributed by atoms with Gasteiger partial charge >= 0.3 is 0 Å². The van der Waals surface area contributed by atoms with Gasteiger partial charge in [0.2, 0.25) is 0 Å². The molecule has 17 atom stereocenters. The quantitative estimate of drug-likeness (QED) is 0.0630. The Morgan fingerprint density at radius 3 is 2.44 bits per heavy atom. The Kier molecular flexibility index (Phi) is 12.4. The summed E-state index contributed by atoms with van der Waals surface area (Å²) in [4.78, 5) is 24.1. The summed E-state index contributed by atoms with van der Waals surface area (Å²) in [7, 11) is 3.74. The molecule has 374 valence electrons. The van der Waals surface area contributed by atoms with E-state index in [2.05, 4.69) is 43.4 Å². The second-order valence-electron chi connectivity index (χ2n) is 25.2. The molecule has 7 fully saturated rings. The summed E-state index contributed by atoms with van der Waals surface area (Å²) >= 11 is 0. The molecule has 1 spiro atoms. The number of hydrogen-bond acceptors (Lipinski definition) is 10. The van der Waals surface area contributed by atoms with Gasteiger partial charge in [-0.3, -0.25) is 9.79 Å². The second kappa shape index (κ2) is 17.5. The first-order chi connectivity index (χ1) is 32.5. The first kappa shape index (κ1) is 48.2. The lowest BCUT2D eigenvalue weighted by Gasteiger charge is -2.64. The number of carbonyl (C=O) groups is 1. The maximum Gasteiger partial charge on any atom is 0.185 e. The van der Waals surface area contributed by atoms with Crippen molar-refractivity contribution in [1.82, 2.24) is 9.55 Å². The van der Waals surface area contributed by atoms with E-state index in [9.17, 15) is 30.3 Å². The normalized spacial score (nSPS) is 46.0. The van der Waals surface area contributed by atoms with Crippen molar-refractivity contribution in [2.24, 2.45) is 91.4 Å². The van der Waals surface area contributed by atoms with Gasteiger partial charge < -0.3 is 41.6 Å². The van der Waals surface area contributed by atoms with E-state index in [1.54, 1.807) is 28.4 Å². The highest BCUT2D eigenvalue weighted by molar-refractivity contribution is 8.76. The minimum absolute atomic E-state index is 0.00284. The third-order valence-corrected chi connectivity index (χ3v) is 24.6. The van der Waals surface area contributed by atoms with E-state index in [4.69, 9.17) is 16.5 Å². The Balaban J connectivity index is 1.12. The third-order valence-electron chi connectivity index (χ3n) is 21.5. The Morgan fingerprint density at radius 1 is 0.941 bits per heavy atom. The standard InChI is InChI=1S/C55H81N5O6S2/c1-51(2)25-32(60-18-17-58-29-60)28-67-68-43(13-9-19-61)38-21-36(35-20-30-10-7-11-33-44(30)45(49(35)65)48(51)34-12-8-16-54(47(33)34)14-5-6-15-54)53(4)24-31(27-59-50(56)57)46-39(55(38,53)66)23-40(62)37-22-41(63)42(64)26-52(37,46)3/h17-18,23,29-32,35-38,41-43,45-47,49,61,63-66H,5-16,19-22,24-28H2,1-4H3,(H4,56,57,59)/t30-,31+,32+,35-,36+,37-,38-,41+,42-,43+,45+,46-,47-,49-,52-,53+,55+/m0/s1. The average molecular weight is 972 g/mol. The van der Waals surface area contributed by atoms with Crippen LogP contribution in [0.2, 0.25) is 0 Å². The molecule has 11 nitrogen and oxygen atoms in total. The number of ketones is 1. The molecular weight excluding hydrogens is 891 g/mol. The number of rotatable bonds is 6. The van der Waals surface area contributed by atoms with E-state index in [0.717, 1.165) is 43.4 Å². The van der Waals surface area contributed by atoms with Crippen molar-refractivity contribution in [2.45, 2.75) is 178 Å². The molecular formula is C55H81N5O6S2. The fraction of sp³-hybridized carbons (Fsp3) is 0.800. The number of aromatic nitrogens is 2. The maximum atomic E-state index is 14.8. The smallest absolute Gasteiger partial charge is 0.185 e. The monoisotopic (exact) mass is 972 g/mol.